The average Bonchev–Trinajstić information content (AvgIpc) is 3.25. The molecule has 3 aliphatic rings. The Morgan fingerprint density at radius 2 is 1.88 bits per heavy atom. The summed E-state index contributed by atoms with van der Waals surface area (Å²) in [6.07, 6.45) is -0.465. The van der Waals surface area contributed by atoms with Gasteiger partial charge in [0, 0.05) is 36.5 Å². The number of fused-ring (bicyclic) bond motifs is 3. The van der Waals surface area contributed by atoms with Gasteiger partial charge >= 0.3 is 0 Å². The number of rotatable bonds is 8. The van der Waals surface area contributed by atoms with Crippen LogP contribution in [-0.2, 0) is 21.4 Å². The van der Waals surface area contributed by atoms with Crippen LogP contribution >= 0.6 is 11.3 Å². The molecule has 2 saturated heterocycles. The number of nitrogens with one attached hydrogen (secondary N) is 1. The van der Waals surface area contributed by atoms with Crippen molar-refractivity contribution >= 4 is 43.9 Å². The van der Waals surface area contributed by atoms with Crippen molar-refractivity contribution < 1.29 is 22.0 Å². The molecule has 1 amide bonds. The smallest absolute Gasteiger partial charge is 0.291 e. The van der Waals surface area contributed by atoms with Gasteiger partial charge in [-0.3, -0.25) is 4.79 Å². The van der Waals surface area contributed by atoms with Crippen molar-refractivity contribution in [1.29, 1.82) is 10.5 Å². The highest BCUT2D eigenvalue weighted by Crippen LogP contribution is 2.42. The summed E-state index contributed by atoms with van der Waals surface area (Å²) in [4.78, 5) is 16.8. The van der Waals surface area contributed by atoms with Gasteiger partial charge in [0.25, 0.3) is 6.43 Å². The lowest BCUT2D eigenvalue weighted by molar-refractivity contribution is -0.137. The van der Waals surface area contributed by atoms with Crippen molar-refractivity contribution in [3.8, 4) is 22.8 Å². The highest BCUT2D eigenvalue weighted by molar-refractivity contribution is 7.89. The summed E-state index contributed by atoms with van der Waals surface area (Å²) in [6.45, 7) is 4.41. The molecule has 2 aromatic heterocycles. The van der Waals surface area contributed by atoms with Crippen molar-refractivity contribution in [2.45, 2.75) is 75.0 Å². The zero-order valence-corrected chi connectivity index (χ0v) is 24.4. The predicted molar refractivity (Wildman–Crippen MR) is 148 cm³/mol. The van der Waals surface area contributed by atoms with E-state index in [0.29, 0.717) is 53.9 Å². The van der Waals surface area contributed by atoms with Gasteiger partial charge in [0.05, 0.1) is 28.2 Å². The van der Waals surface area contributed by atoms with E-state index >= 15 is 0 Å². The van der Waals surface area contributed by atoms with Gasteiger partial charge in [-0.2, -0.15) is 20.3 Å². The van der Waals surface area contributed by atoms with Crippen LogP contribution in [0.1, 0.15) is 51.0 Å². The molecular weight excluding hydrogens is 588 g/mol. The fraction of sp³-hybridized carbons (Fsp3) is 0.538. The minimum absolute atomic E-state index is 0.0588. The molecular formula is C26H27F2N9O3S2. The van der Waals surface area contributed by atoms with E-state index < -0.39 is 27.0 Å². The SMILES string of the molecule is CC(C)C(=O)N1C2CCC1CN(c1cc(S(=O)(=O)NC3(C#N)CC3)cc3c(-c4nnc(C(F)F)s4)nn(CC#N)c13)C2. The summed E-state index contributed by atoms with van der Waals surface area (Å²) >= 11 is 0.639. The van der Waals surface area contributed by atoms with Crippen molar-refractivity contribution in [2.75, 3.05) is 18.0 Å². The fourth-order valence-electron chi connectivity index (χ4n) is 5.86. The minimum atomic E-state index is -4.20. The molecule has 3 aromatic rings. The molecule has 0 spiro atoms. The van der Waals surface area contributed by atoms with E-state index in [1.165, 1.54) is 16.8 Å². The zero-order chi connectivity index (χ0) is 30.0. The first kappa shape index (κ1) is 28.4. The summed E-state index contributed by atoms with van der Waals surface area (Å²) in [5.74, 6) is -0.0904. The molecule has 1 N–H and O–H groups in total. The number of anilines is 1. The number of alkyl halides is 2. The van der Waals surface area contributed by atoms with Gasteiger partial charge in [0.1, 0.15) is 17.8 Å². The molecule has 1 aromatic carbocycles. The standard InChI is InChI=1S/C26H27F2N9O3S2/c1-14(2)25(38)37-15-3-4-16(37)12-35(11-15)19-10-17(42(39,40)34-26(13-30)5-6-26)9-18-20(33-36(8-7-29)21(18)19)23-31-32-24(41-23)22(27)28/h9-10,14-16,22,34H,3-6,8,11-12H2,1-2H3. The van der Waals surface area contributed by atoms with Crippen LogP contribution in [0, 0.1) is 28.6 Å². The Morgan fingerprint density at radius 1 is 1.19 bits per heavy atom. The third kappa shape index (κ3) is 4.77. The number of nitrogens with zero attached hydrogens (tertiary/aromatic N) is 8. The van der Waals surface area contributed by atoms with Crippen molar-refractivity contribution in [3.05, 3.63) is 17.1 Å². The van der Waals surface area contributed by atoms with Crippen molar-refractivity contribution in [3.63, 3.8) is 0 Å². The molecule has 220 valence electrons. The summed E-state index contributed by atoms with van der Waals surface area (Å²) in [6, 6.07) is 6.81. The van der Waals surface area contributed by atoms with Crippen molar-refractivity contribution in [2.24, 2.45) is 5.92 Å². The Morgan fingerprint density at radius 3 is 2.43 bits per heavy atom. The first-order chi connectivity index (χ1) is 20.0. The maximum Gasteiger partial charge on any atom is 0.291 e. The van der Waals surface area contributed by atoms with Crippen LogP contribution in [0.2, 0.25) is 0 Å². The Bertz CT molecular complexity index is 1760. The van der Waals surface area contributed by atoms with Crippen LogP contribution in [0.3, 0.4) is 0 Å². The quantitative estimate of drug-likeness (QED) is 0.401. The van der Waals surface area contributed by atoms with E-state index in [1.54, 1.807) is 0 Å². The van der Waals surface area contributed by atoms with Gasteiger partial charge in [0.15, 0.2) is 10.0 Å². The van der Waals surface area contributed by atoms with Gasteiger partial charge < -0.3 is 9.80 Å². The van der Waals surface area contributed by atoms with Crippen LogP contribution in [-0.4, -0.2) is 69.9 Å². The second-order valence-corrected chi connectivity index (χ2v) is 13.9. The minimum Gasteiger partial charge on any atom is -0.366 e. The summed E-state index contributed by atoms with van der Waals surface area (Å²) in [7, 11) is -4.20. The topological polar surface area (TPSA) is 161 Å². The lowest BCUT2D eigenvalue weighted by Crippen LogP contribution is -2.57. The number of carbonyl (C=O) groups is 1. The predicted octanol–water partition coefficient (Wildman–Crippen LogP) is 3.19. The molecule has 3 fully saturated rings. The molecule has 0 radical (unpaired) electrons. The lowest BCUT2D eigenvalue weighted by Gasteiger charge is -2.43. The van der Waals surface area contributed by atoms with Gasteiger partial charge in [0.2, 0.25) is 15.9 Å². The largest absolute Gasteiger partial charge is 0.366 e. The van der Waals surface area contributed by atoms with E-state index in [1.807, 2.05) is 29.7 Å². The second-order valence-electron chi connectivity index (χ2n) is 11.2. The monoisotopic (exact) mass is 615 g/mol. The number of hydrogen-bond acceptors (Lipinski definition) is 10. The van der Waals surface area contributed by atoms with Gasteiger partial charge in [-0.1, -0.05) is 25.2 Å². The third-order valence-corrected chi connectivity index (χ3v) is 10.5. The summed E-state index contributed by atoms with van der Waals surface area (Å²) in [5.41, 5.74) is -0.115. The highest BCUT2D eigenvalue weighted by atomic mass is 32.2. The number of nitriles is 2. The van der Waals surface area contributed by atoms with Gasteiger partial charge in [-0.05, 0) is 37.8 Å². The Balaban J connectivity index is 1.52. The fourth-order valence-corrected chi connectivity index (χ4v) is 7.98. The molecule has 6 rings (SSSR count). The zero-order valence-electron chi connectivity index (χ0n) is 22.8. The Kier molecular flexibility index (Phi) is 6.91. The van der Waals surface area contributed by atoms with Gasteiger partial charge in [-0.25, -0.2) is 21.9 Å². The van der Waals surface area contributed by atoms with Crippen LogP contribution in [0.25, 0.3) is 21.6 Å². The van der Waals surface area contributed by atoms with Crippen LogP contribution in [0.5, 0.6) is 0 Å². The van der Waals surface area contributed by atoms with Gasteiger partial charge in [-0.15, -0.1) is 10.2 Å². The maximum atomic E-state index is 13.6. The summed E-state index contributed by atoms with van der Waals surface area (Å²) in [5, 5.41) is 31.0. The Labute approximate surface area is 244 Å². The number of sulfonamides is 1. The molecule has 2 aliphatic heterocycles. The number of benzene rings is 1. The molecule has 1 aliphatic carbocycles. The van der Waals surface area contributed by atoms with Crippen molar-refractivity contribution in [1.82, 2.24) is 29.6 Å². The third-order valence-electron chi connectivity index (χ3n) is 8.02. The number of amides is 1. The van der Waals surface area contributed by atoms with E-state index in [2.05, 4.69) is 26.1 Å². The number of aromatic nitrogens is 4. The molecule has 2 unspecified atom stereocenters. The molecule has 4 heterocycles. The second kappa shape index (κ2) is 10.2. The molecule has 42 heavy (non-hydrogen) atoms. The molecule has 2 bridgehead atoms. The first-order valence-corrected chi connectivity index (χ1v) is 15.8. The molecule has 16 heteroatoms. The van der Waals surface area contributed by atoms with Crippen LogP contribution in [0.15, 0.2) is 17.0 Å². The normalized spacial score (nSPS) is 21.2. The number of halogens is 2. The van der Waals surface area contributed by atoms with E-state index in [-0.39, 0.29) is 46.1 Å². The number of piperazine rings is 1. The van der Waals surface area contributed by atoms with E-state index in [9.17, 15) is 32.5 Å². The Hall–Kier alpha value is -3.73. The molecule has 12 nitrogen and oxygen atoms in total. The number of carbonyl (C=O) groups excluding carboxylic acids is 1. The van der Waals surface area contributed by atoms with E-state index in [0.717, 1.165) is 12.8 Å². The molecule has 1 saturated carbocycles. The first-order valence-electron chi connectivity index (χ1n) is 13.5. The summed E-state index contributed by atoms with van der Waals surface area (Å²) < 4.78 is 57.9. The lowest BCUT2D eigenvalue weighted by atomic mass is 10.1. The number of hydrogen-bond donors (Lipinski definition) is 1. The van der Waals surface area contributed by atoms with Crippen LogP contribution in [0.4, 0.5) is 14.5 Å². The van der Waals surface area contributed by atoms with Crippen LogP contribution < -0.4 is 9.62 Å². The van der Waals surface area contributed by atoms with E-state index in [4.69, 9.17) is 0 Å². The highest BCUT2D eigenvalue weighted by Gasteiger charge is 2.47. The average molecular weight is 616 g/mol. The molecule has 2 atom stereocenters. The maximum absolute atomic E-state index is 13.6.